The Kier molecular flexibility index (Phi) is 5.23. The summed E-state index contributed by atoms with van der Waals surface area (Å²) in [5, 5.41) is 10.5. The molecule has 5 rings (SSSR count). The Morgan fingerprint density at radius 3 is 2.55 bits per heavy atom. The number of fused-ring (bicyclic) bond motifs is 1. The van der Waals surface area contributed by atoms with Gasteiger partial charge < -0.3 is 15.5 Å². The van der Waals surface area contributed by atoms with Gasteiger partial charge in [-0.25, -0.2) is 9.97 Å². The molecule has 11 heteroatoms. The van der Waals surface area contributed by atoms with Crippen molar-refractivity contribution in [1.29, 1.82) is 0 Å². The summed E-state index contributed by atoms with van der Waals surface area (Å²) >= 11 is 11.4. The van der Waals surface area contributed by atoms with Crippen molar-refractivity contribution in [2.45, 2.75) is 6.92 Å². The minimum atomic E-state index is 0.488. The largest absolute Gasteiger partial charge is 0.397 e. The van der Waals surface area contributed by atoms with Crippen LogP contribution in [-0.2, 0) is 7.05 Å². The molecule has 1 fully saturated rings. The van der Waals surface area contributed by atoms with E-state index in [0.717, 1.165) is 64.0 Å². The Balaban J connectivity index is 1.37. The highest BCUT2D eigenvalue weighted by atomic mass is 79.9. The van der Waals surface area contributed by atoms with Crippen LogP contribution in [0.4, 0.5) is 17.5 Å². The Hall–Kier alpha value is -2.43. The number of piperazine rings is 1. The van der Waals surface area contributed by atoms with Crippen LogP contribution < -0.4 is 15.5 Å². The van der Waals surface area contributed by atoms with E-state index in [1.165, 1.54) is 4.88 Å². The second kappa shape index (κ2) is 7.92. The van der Waals surface area contributed by atoms with Gasteiger partial charge in [-0.05, 0) is 41.1 Å². The minimum Gasteiger partial charge on any atom is -0.397 e. The number of hydrogen-bond acceptors (Lipinski definition) is 8. The number of aryl methyl sites for hydroxylation is 1. The summed E-state index contributed by atoms with van der Waals surface area (Å²) in [5.41, 5.74) is 7.32. The van der Waals surface area contributed by atoms with E-state index < -0.39 is 0 Å². The van der Waals surface area contributed by atoms with Crippen molar-refractivity contribution in [2.75, 3.05) is 41.7 Å². The Bertz CT molecular complexity index is 1250. The van der Waals surface area contributed by atoms with E-state index in [1.54, 1.807) is 17.7 Å². The smallest absolute Gasteiger partial charge is 0.227 e. The highest BCUT2D eigenvalue weighted by Gasteiger charge is 2.24. The van der Waals surface area contributed by atoms with Crippen LogP contribution >= 0.6 is 38.9 Å². The third-order valence-electron chi connectivity index (χ3n) is 5.48. The molecule has 0 unspecified atom stereocenters. The topological polar surface area (TPSA) is 89.0 Å². The van der Waals surface area contributed by atoms with E-state index in [9.17, 15) is 0 Å². The zero-order chi connectivity index (χ0) is 21.7. The zero-order valence-corrected chi connectivity index (χ0v) is 20.2. The Labute approximate surface area is 196 Å². The van der Waals surface area contributed by atoms with E-state index in [-0.39, 0.29) is 0 Å². The fourth-order valence-corrected chi connectivity index (χ4v) is 5.53. The fraction of sp³-hybridized carbons (Fsp3) is 0.300. The summed E-state index contributed by atoms with van der Waals surface area (Å²) in [6.45, 7) is 5.46. The molecule has 4 aromatic rings. The maximum Gasteiger partial charge on any atom is 0.227 e. The van der Waals surface area contributed by atoms with Crippen LogP contribution in [0, 0.1) is 6.92 Å². The van der Waals surface area contributed by atoms with Gasteiger partial charge >= 0.3 is 0 Å². The van der Waals surface area contributed by atoms with Crippen LogP contribution in [0.25, 0.3) is 21.6 Å². The van der Waals surface area contributed by atoms with Crippen LogP contribution in [0.1, 0.15) is 4.88 Å². The van der Waals surface area contributed by atoms with Crippen LogP contribution in [-0.4, -0.2) is 50.9 Å². The van der Waals surface area contributed by atoms with Gasteiger partial charge in [0.25, 0.3) is 0 Å². The lowest BCUT2D eigenvalue weighted by Crippen LogP contribution is -2.47. The van der Waals surface area contributed by atoms with Crippen molar-refractivity contribution < 1.29 is 0 Å². The number of anilines is 3. The van der Waals surface area contributed by atoms with Crippen molar-refractivity contribution >= 4 is 66.5 Å². The summed E-state index contributed by atoms with van der Waals surface area (Å²) in [4.78, 5) is 15.8. The number of benzene rings is 1. The molecular formula is C20H20BrClN8S. The molecule has 3 aromatic heterocycles. The number of nitrogens with zero attached hydrogens (tertiary/aromatic N) is 7. The SMILES string of the molecule is Cc1cc2c(N3CCN(c4nnc(-c5cc(Cl)c(N)c(Br)c5)n4C)CC3)ncnc2s1. The predicted molar refractivity (Wildman–Crippen MR) is 130 cm³/mol. The lowest BCUT2D eigenvalue weighted by molar-refractivity contribution is 0.626. The Morgan fingerprint density at radius 1 is 1.06 bits per heavy atom. The molecule has 0 amide bonds. The lowest BCUT2D eigenvalue weighted by atomic mass is 10.2. The van der Waals surface area contributed by atoms with Gasteiger partial charge in [-0.3, -0.25) is 4.57 Å². The molecule has 0 saturated carbocycles. The van der Waals surface area contributed by atoms with Crippen LogP contribution in [0.3, 0.4) is 0 Å². The highest BCUT2D eigenvalue weighted by molar-refractivity contribution is 9.10. The fourth-order valence-electron chi connectivity index (χ4n) is 3.89. The average molecular weight is 520 g/mol. The van der Waals surface area contributed by atoms with Crippen LogP contribution in [0.2, 0.25) is 5.02 Å². The molecule has 1 aromatic carbocycles. The minimum absolute atomic E-state index is 0.488. The summed E-state index contributed by atoms with van der Waals surface area (Å²) in [6.07, 6.45) is 1.66. The molecule has 8 nitrogen and oxygen atoms in total. The number of rotatable bonds is 3. The molecule has 160 valence electrons. The summed E-state index contributed by atoms with van der Waals surface area (Å²) in [5.74, 6) is 2.58. The summed E-state index contributed by atoms with van der Waals surface area (Å²) in [7, 11) is 1.97. The first-order chi connectivity index (χ1) is 14.9. The van der Waals surface area contributed by atoms with Crippen LogP contribution in [0.5, 0.6) is 0 Å². The third kappa shape index (κ3) is 3.62. The van der Waals surface area contributed by atoms with Crippen molar-refractivity contribution in [3.05, 3.63) is 38.9 Å². The van der Waals surface area contributed by atoms with E-state index in [4.69, 9.17) is 17.3 Å². The van der Waals surface area contributed by atoms with E-state index in [0.29, 0.717) is 10.7 Å². The Morgan fingerprint density at radius 2 is 1.81 bits per heavy atom. The van der Waals surface area contributed by atoms with Gasteiger partial charge in [0.2, 0.25) is 5.95 Å². The maximum absolute atomic E-state index is 6.26. The normalized spacial score (nSPS) is 14.6. The average Bonchev–Trinajstić information content (AvgIpc) is 3.33. The van der Waals surface area contributed by atoms with Gasteiger partial charge in [-0.1, -0.05) is 11.6 Å². The van der Waals surface area contributed by atoms with Gasteiger partial charge in [0.05, 0.1) is 16.1 Å². The monoisotopic (exact) mass is 518 g/mol. The summed E-state index contributed by atoms with van der Waals surface area (Å²) < 4.78 is 2.74. The van der Waals surface area contributed by atoms with Crippen LogP contribution in [0.15, 0.2) is 29.0 Å². The molecule has 0 radical (unpaired) electrons. The number of hydrogen-bond donors (Lipinski definition) is 1. The van der Waals surface area contributed by atoms with Crippen molar-refractivity contribution in [3.8, 4) is 11.4 Å². The summed E-state index contributed by atoms with van der Waals surface area (Å²) in [6, 6.07) is 5.90. The second-order valence-electron chi connectivity index (χ2n) is 7.48. The van der Waals surface area contributed by atoms with Gasteiger partial charge in [0.1, 0.15) is 17.0 Å². The molecule has 0 bridgehead atoms. The van der Waals surface area contributed by atoms with E-state index in [1.807, 2.05) is 23.7 Å². The molecule has 1 saturated heterocycles. The number of aromatic nitrogens is 5. The maximum atomic E-state index is 6.26. The van der Waals surface area contributed by atoms with Gasteiger partial charge in [0.15, 0.2) is 5.82 Å². The van der Waals surface area contributed by atoms with Gasteiger partial charge in [-0.15, -0.1) is 21.5 Å². The highest BCUT2D eigenvalue weighted by Crippen LogP contribution is 2.34. The number of nitrogens with two attached hydrogens (primary N) is 1. The zero-order valence-electron chi connectivity index (χ0n) is 17.0. The molecular weight excluding hydrogens is 500 g/mol. The quantitative estimate of drug-likeness (QED) is 0.407. The molecule has 0 atom stereocenters. The first-order valence-electron chi connectivity index (χ1n) is 9.77. The van der Waals surface area contributed by atoms with E-state index in [2.05, 4.69) is 58.9 Å². The first-order valence-corrected chi connectivity index (χ1v) is 11.8. The molecule has 1 aliphatic rings. The van der Waals surface area contributed by atoms with Crippen molar-refractivity contribution in [3.63, 3.8) is 0 Å². The number of thiophene rings is 1. The predicted octanol–water partition coefficient (Wildman–Crippen LogP) is 4.12. The van der Waals surface area contributed by atoms with E-state index >= 15 is 0 Å². The molecule has 2 N–H and O–H groups in total. The number of halogens is 2. The molecule has 1 aliphatic heterocycles. The standard InChI is InChI=1S/C20H20BrClN8S/c1-11-7-13-18(24-10-25-19(13)31-11)29-3-5-30(6-4-29)20-27-26-17(28(20)2)12-8-14(21)16(23)15(22)9-12/h7-10H,3-6,23H2,1-2H3. The second-order valence-corrected chi connectivity index (χ2v) is 9.98. The third-order valence-corrected chi connectivity index (χ3v) is 7.41. The number of nitrogen functional groups attached to an aromatic ring is 1. The first kappa shape index (κ1) is 20.5. The van der Waals surface area contributed by atoms with Crippen molar-refractivity contribution in [1.82, 2.24) is 24.7 Å². The lowest BCUT2D eigenvalue weighted by Gasteiger charge is -2.35. The molecule has 4 heterocycles. The van der Waals surface area contributed by atoms with Crippen molar-refractivity contribution in [2.24, 2.45) is 7.05 Å². The van der Waals surface area contributed by atoms with Gasteiger partial charge in [0, 0.05) is 48.1 Å². The van der Waals surface area contributed by atoms with Gasteiger partial charge in [-0.2, -0.15) is 0 Å². The molecule has 31 heavy (non-hydrogen) atoms. The molecule has 0 aliphatic carbocycles. The molecule has 0 spiro atoms.